The molecule has 5 nitrogen and oxygen atoms in total. The number of pyridine rings is 1. The van der Waals surface area contributed by atoms with Crippen LogP contribution in [-0.4, -0.2) is 13.4 Å². The third kappa shape index (κ3) is 4.00. The fraction of sp³-hybridized carbons (Fsp3) is 0.105. The second kappa shape index (κ2) is 7.13. The molecule has 2 aromatic carbocycles. The summed E-state index contributed by atoms with van der Waals surface area (Å²) in [6.45, 7) is 3.50. The van der Waals surface area contributed by atoms with Crippen LogP contribution in [0.5, 0.6) is 0 Å². The minimum atomic E-state index is -3.81. The Balaban J connectivity index is 1.76. The van der Waals surface area contributed by atoms with E-state index in [0.717, 1.165) is 17.3 Å². The molecule has 0 radical (unpaired) electrons. The minimum Gasteiger partial charge on any atom is -0.340 e. The molecule has 0 atom stereocenters. The number of nitrogens with one attached hydrogen (secondary N) is 2. The van der Waals surface area contributed by atoms with Crippen molar-refractivity contribution in [2.75, 3.05) is 10.0 Å². The zero-order chi connectivity index (χ0) is 18.7. The molecule has 3 rings (SSSR count). The van der Waals surface area contributed by atoms with Gasteiger partial charge in [0.15, 0.2) is 0 Å². The summed E-state index contributed by atoms with van der Waals surface area (Å²) in [5.41, 5.74) is 2.59. The van der Waals surface area contributed by atoms with Crippen LogP contribution in [-0.2, 0) is 10.0 Å². The molecule has 1 heterocycles. The lowest BCUT2D eigenvalue weighted by molar-refractivity contribution is 0.598. The summed E-state index contributed by atoms with van der Waals surface area (Å²) in [5, 5.41) is 3.18. The van der Waals surface area contributed by atoms with E-state index in [9.17, 15) is 12.8 Å². The molecule has 0 bridgehead atoms. The summed E-state index contributed by atoms with van der Waals surface area (Å²) in [7, 11) is -3.81. The third-order valence-corrected chi connectivity index (χ3v) is 5.24. The molecule has 0 spiro atoms. The highest BCUT2D eigenvalue weighted by atomic mass is 32.2. The van der Waals surface area contributed by atoms with Gasteiger partial charge in [-0.25, -0.2) is 17.8 Å². The van der Waals surface area contributed by atoms with Crippen LogP contribution in [0.25, 0.3) is 0 Å². The van der Waals surface area contributed by atoms with Gasteiger partial charge in [0.05, 0.1) is 16.8 Å². The van der Waals surface area contributed by atoms with Crippen molar-refractivity contribution in [2.45, 2.75) is 18.7 Å². The normalized spacial score (nSPS) is 11.2. The number of para-hydroxylation sites is 1. The van der Waals surface area contributed by atoms with Crippen molar-refractivity contribution in [3.05, 3.63) is 77.7 Å². The fourth-order valence-corrected chi connectivity index (χ4v) is 3.51. The van der Waals surface area contributed by atoms with Gasteiger partial charge in [0.25, 0.3) is 10.0 Å². The van der Waals surface area contributed by atoms with Gasteiger partial charge in [0.1, 0.15) is 11.6 Å². The maximum Gasteiger partial charge on any atom is 0.261 e. The van der Waals surface area contributed by atoms with E-state index in [1.807, 2.05) is 31.2 Å². The van der Waals surface area contributed by atoms with Crippen LogP contribution in [0.1, 0.15) is 11.1 Å². The van der Waals surface area contributed by atoms with E-state index in [1.165, 1.54) is 25.3 Å². The molecule has 0 aliphatic heterocycles. The summed E-state index contributed by atoms with van der Waals surface area (Å²) in [4.78, 5) is 4.23. The molecule has 0 aliphatic carbocycles. The lowest BCUT2D eigenvalue weighted by Crippen LogP contribution is -2.13. The average molecular weight is 371 g/mol. The SMILES string of the molecule is Cc1cc(S(=O)(=O)Nc2ccc(Nc3ccccc3C)nc2)ccc1F. The minimum absolute atomic E-state index is 0.00138. The van der Waals surface area contributed by atoms with Gasteiger partial charge < -0.3 is 5.32 Å². The van der Waals surface area contributed by atoms with Crippen molar-refractivity contribution < 1.29 is 12.8 Å². The lowest BCUT2D eigenvalue weighted by atomic mass is 10.2. The van der Waals surface area contributed by atoms with Crippen LogP contribution in [0.3, 0.4) is 0 Å². The van der Waals surface area contributed by atoms with Gasteiger partial charge in [-0.15, -0.1) is 0 Å². The van der Waals surface area contributed by atoms with Gasteiger partial charge in [-0.05, 0) is 61.4 Å². The number of halogens is 1. The van der Waals surface area contributed by atoms with Crippen LogP contribution >= 0.6 is 0 Å². The first-order valence-corrected chi connectivity index (χ1v) is 9.41. The Labute approximate surface area is 152 Å². The summed E-state index contributed by atoms with van der Waals surface area (Å²) in [6, 6.07) is 14.7. The predicted octanol–water partition coefficient (Wildman–Crippen LogP) is 4.38. The molecule has 0 fully saturated rings. The summed E-state index contributed by atoms with van der Waals surface area (Å²) in [5.74, 6) is 0.150. The number of benzene rings is 2. The average Bonchev–Trinajstić information content (AvgIpc) is 2.60. The molecule has 7 heteroatoms. The largest absolute Gasteiger partial charge is 0.340 e. The van der Waals surface area contributed by atoms with E-state index >= 15 is 0 Å². The smallest absolute Gasteiger partial charge is 0.261 e. The highest BCUT2D eigenvalue weighted by Crippen LogP contribution is 2.21. The topological polar surface area (TPSA) is 71.1 Å². The zero-order valence-corrected chi connectivity index (χ0v) is 15.1. The van der Waals surface area contributed by atoms with E-state index in [2.05, 4.69) is 15.0 Å². The Kier molecular flexibility index (Phi) is 4.90. The van der Waals surface area contributed by atoms with E-state index in [4.69, 9.17) is 0 Å². The number of hydrogen-bond acceptors (Lipinski definition) is 4. The van der Waals surface area contributed by atoms with Gasteiger partial charge >= 0.3 is 0 Å². The first kappa shape index (κ1) is 17.9. The van der Waals surface area contributed by atoms with Crippen molar-refractivity contribution in [2.24, 2.45) is 0 Å². The van der Waals surface area contributed by atoms with Crippen LogP contribution in [0.2, 0.25) is 0 Å². The number of rotatable bonds is 5. The Bertz CT molecular complexity index is 1030. The Morgan fingerprint density at radius 1 is 0.962 bits per heavy atom. The molecular weight excluding hydrogens is 353 g/mol. The van der Waals surface area contributed by atoms with Crippen LogP contribution in [0, 0.1) is 19.7 Å². The molecule has 0 unspecified atom stereocenters. The molecule has 0 aliphatic rings. The molecule has 1 aromatic heterocycles. The van der Waals surface area contributed by atoms with Crippen LogP contribution in [0.4, 0.5) is 21.6 Å². The molecule has 2 N–H and O–H groups in total. The number of aromatic nitrogens is 1. The summed E-state index contributed by atoms with van der Waals surface area (Å²) in [6.07, 6.45) is 1.43. The highest BCUT2D eigenvalue weighted by molar-refractivity contribution is 7.92. The van der Waals surface area contributed by atoms with Gasteiger partial charge in [-0.2, -0.15) is 0 Å². The monoisotopic (exact) mass is 371 g/mol. The molecule has 26 heavy (non-hydrogen) atoms. The van der Waals surface area contributed by atoms with Crippen molar-refractivity contribution in [3.8, 4) is 0 Å². The number of aryl methyl sites for hydroxylation is 2. The van der Waals surface area contributed by atoms with Crippen LogP contribution < -0.4 is 10.0 Å². The van der Waals surface area contributed by atoms with Crippen molar-refractivity contribution in [3.63, 3.8) is 0 Å². The summed E-state index contributed by atoms with van der Waals surface area (Å²) < 4.78 is 40.6. The second-order valence-corrected chi connectivity index (χ2v) is 7.57. The Morgan fingerprint density at radius 3 is 2.38 bits per heavy atom. The van der Waals surface area contributed by atoms with E-state index in [-0.39, 0.29) is 10.5 Å². The maximum absolute atomic E-state index is 13.3. The molecular formula is C19H18FN3O2S. The van der Waals surface area contributed by atoms with Crippen LogP contribution in [0.15, 0.2) is 65.7 Å². The fourth-order valence-electron chi connectivity index (χ4n) is 2.38. The quantitative estimate of drug-likeness (QED) is 0.698. The number of anilines is 3. The summed E-state index contributed by atoms with van der Waals surface area (Å²) >= 11 is 0. The predicted molar refractivity (Wildman–Crippen MR) is 101 cm³/mol. The van der Waals surface area contributed by atoms with Crippen molar-refractivity contribution >= 4 is 27.2 Å². The van der Waals surface area contributed by atoms with Crippen molar-refractivity contribution in [1.29, 1.82) is 0 Å². The van der Waals surface area contributed by atoms with E-state index in [1.54, 1.807) is 12.1 Å². The zero-order valence-electron chi connectivity index (χ0n) is 14.3. The Morgan fingerprint density at radius 2 is 1.73 bits per heavy atom. The molecule has 0 amide bonds. The van der Waals surface area contributed by atoms with Crippen molar-refractivity contribution in [1.82, 2.24) is 4.98 Å². The van der Waals surface area contributed by atoms with Gasteiger partial charge in [0.2, 0.25) is 0 Å². The molecule has 0 saturated heterocycles. The molecule has 0 saturated carbocycles. The standard InChI is InChI=1S/C19H18FN3O2S/c1-13-5-3-4-6-18(13)22-19-10-7-15(12-21-19)23-26(24,25)16-8-9-17(20)14(2)11-16/h3-12,23H,1-2H3,(H,21,22). The first-order chi connectivity index (χ1) is 12.3. The number of nitrogens with zero attached hydrogens (tertiary/aromatic N) is 1. The maximum atomic E-state index is 13.3. The number of hydrogen-bond donors (Lipinski definition) is 2. The Hall–Kier alpha value is -2.93. The third-order valence-electron chi connectivity index (χ3n) is 3.86. The van der Waals surface area contributed by atoms with Gasteiger partial charge in [0, 0.05) is 5.69 Å². The van der Waals surface area contributed by atoms with Gasteiger partial charge in [-0.3, -0.25) is 4.72 Å². The number of sulfonamides is 1. The molecule has 134 valence electrons. The second-order valence-electron chi connectivity index (χ2n) is 5.89. The van der Waals surface area contributed by atoms with E-state index in [0.29, 0.717) is 11.5 Å². The molecule has 3 aromatic rings. The van der Waals surface area contributed by atoms with Gasteiger partial charge in [-0.1, -0.05) is 18.2 Å². The lowest BCUT2D eigenvalue weighted by Gasteiger charge is -2.11. The van der Waals surface area contributed by atoms with E-state index < -0.39 is 15.8 Å². The highest BCUT2D eigenvalue weighted by Gasteiger charge is 2.15. The first-order valence-electron chi connectivity index (χ1n) is 7.93.